The Kier molecular flexibility index (Phi) is 5.40. The first-order valence-corrected chi connectivity index (χ1v) is 9.81. The first kappa shape index (κ1) is 19.0. The van der Waals surface area contributed by atoms with Crippen molar-refractivity contribution in [2.45, 2.75) is 45.3 Å². The average molecular weight is 398 g/mol. The molecule has 0 bridgehead atoms. The Bertz CT molecular complexity index is 935. The number of hydrogen-bond acceptors (Lipinski definition) is 7. The van der Waals surface area contributed by atoms with Crippen LogP contribution in [0.4, 0.5) is 17.5 Å². The lowest BCUT2D eigenvalue weighted by atomic mass is 9.79. The predicted molar refractivity (Wildman–Crippen MR) is 109 cm³/mol. The van der Waals surface area contributed by atoms with Gasteiger partial charge in [-0.25, -0.2) is 4.98 Å². The highest BCUT2D eigenvalue weighted by Crippen LogP contribution is 2.28. The largest absolute Gasteiger partial charge is 0.493 e. The van der Waals surface area contributed by atoms with Crippen molar-refractivity contribution in [1.29, 1.82) is 5.26 Å². The number of halogens is 1. The molecule has 1 saturated carbocycles. The minimum Gasteiger partial charge on any atom is -0.423 e. The van der Waals surface area contributed by atoms with Gasteiger partial charge in [0.25, 0.3) is 0 Å². The van der Waals surface area contributed by atoms with Crippen LogP contribution in [0.3, 0.4) is 0 Å². The summed E-state index contributed by atoms with van der Waals surface area (Å²) in [7, 11) is -0.980. The van der Waals surface area contributed by atoms with Crippen LogP contribution in [0.25, 0.3) is 0 Å². The molecule has 1 aromatic carbocycles. The van der Waals surface area contributed by atoms with Crippen LogP contribution in [0.1, 0.15) is 36.8 Å². The third-order valence-electron chi connectivity index (χ3n) is 5.34. The van der Waals surface area contributed by atoms with Gasteiger partial charge in [-0.05, 0) is 37.5 Å². The molecule has 4 rings (SSSR count). The van der Waals surface area contributed by atoms with Gasteiger partial charge >= 0.3 is 7.12 Å². The van der Waals surface area contributed by atoms with Crippen molar-refractivity contribution in [2.24, 2.45) is 5.92 Å². The van der Waals surface area contributed by atoms with Crippen molar-refractivity contribution >= 4 is 41.6 Å². The van der Waals surface area contributed by atoms with Gasteiger partial charge < -0.3 is 20.3 Å². The molecule has 2 atom stereocenters. The van der Waals surface area contributed by atoms with E-state index in [1.807, 2.05) is 13.0 Å². The summed E-state index contributed by atoms with van der Waals surface area (Å²) in [5.41, 5.74) is 3.10. The Labute approximate surface area is 169 Å². The minimum absolute atomic E-state index is 0.00136. The Balaban J connectivity index is 1.55. The summed E-state index contributed by atoms with van der Waals surface area (Å²) in [6.07, 6.45) is 5.86. The van der Waals surface area contributed by atoms with Crippen LogP contribution in [-0.4, -0.2) is 28.2 Å². The molecule has 0 saturated heterocycles. The smallest absolute Gasteiger partial charge is 0.423 e. The SMILES string of the molecule is Cc1cnc(Nc2cc(Cl)c3c(c2)COB3O)nc1N[C@@H]1CCCC[C@H]1C#N. The van der Waals surface area contributed by atoms with Gasteiger partial charge in [-0.3, -0.25) is 0 Å². The molecule has 144 valence electrons. The number of aryl methyl sites for hydroxylation is 1. The molecule has 0 amide bonds. The highest BCUT2D eigenvalue weighted by molar-refractivity contribution is 6.65. The standard InChI is InChI=1S/C19H21BClN5O2/c1-11-9-23-19(26-18(11)25-16-5-3-2-4-12(16)8-22)24-14-6-13-10-28-20(27)17(13)15(21)7-14/h6-7,9,12,16,27H,2-5,10H2,1H3,(H2,23,24,25,26)/t12-,16+/m0/s1. The summed E-state index contributed by atoms with van der Waals surface area (Å²) >= 11 is 6.29. The van der Waals surface area contributed by atoms with Crippen LogP contribution in [0.15, 0.2) is 18.3 Å². The van der Waals surface area contributed by atoms with E-state index >= 15 is 0 Å². The number of nitrogens with zero attached hydrogens (tertiary/aromatic N) is 3. The zero-order valence-electron chi connectivity index (χ0n) is 15.6. The molecule has 2 aliphatic rings. The lowest BCUT2D eigenvalue weighted by Crippen LogP contribution is -2.32. The molecule has 1 aliphatic carbocycles. The molecule has 3 N–H and O–H groups in total. The second kappa shape index (κ2) is 7.96. The molecular weight excluding hydrogens is 377 g/mol. The molecule has 9 heteroatoms. The fourth-order valence-electron chi connectivity index (χ4n) is 3.81. The number of rotatable bonds is 4. The second-order valence-corrected chi connectivity index (χ2v) is 7.72. The van der Waals surface area contributed by atoms with Gasteiger partial charge in [0.05, 0.1) is 18.6 Å². The summed E-state index contributed by atoms with van der Waals surface area (Å²) in [5.74, 6) is 1.17. The number of hydrogen-bond donors (Lipinski definition) is 3. The van der Waals surface area contributed by atoms with Crippen LogP contribution in [-0.2, 0) is 11.3 Å². The van der Waals surface area contributed by atoms with Gasteiger partial charge in [-0.1, -0.05) is 24.4 Å². The van der Waals surface area contributed by atoms with Crippen molar-refractivity contribution in [3.05, 3.63) is 34.5 Å². The third-order valence-corrected chi connectivity index (χ3v) is 5.65. The van der Waals surface area contributed by atoms with E-state index in [0.717, 1.165) is 48.3 Å². The summed E-state index contributed by atoms with van der Waals surface area (Å²) in [6.45, 7) is 2.26. The van der Waals surface area contributed by atoms with E-state index in [9.17, 15) is 10.3 Å². The first-order valence-electron chi connectivity index (χ1n) is 9.44. The van der Waals surface area contributed by atoms with Crippen molar-refractivity contribution in [3.8, 4) is 6.07 Å². The first-order chi connectivity index (χ1) is 13.5. The van der Waals surface area contributed by atoms with E-state index < -0.39 is 7.12 Å². The van der Waals surface area contributed by atoms with Crippen LogP contribution in [0, 0.1) is 24.2 Å². The van der Waals surface area contributed by atoms with E-state index in [1.165, 1.54) is 0 Å². The predicted octanol–water partition coefficient (Wildman–Crippen LogP) is 2.89. The molecule has 0 spiro atoms. The maximum absolute atomic E-state index is 9.82. The van der Waals surface area contributed by atoms with Crippen molar-refractivity contribution in [2.75, 3.05) is 10.6 Å². The molecule has 2 aromatic rings. The Morgan fingerprint density at radius 3 is 3.00 bits per heavy atom. The van der Waals surface area contributed by atoms with Crippen molar-refractivity contribution in [3.63, 3.8) is 0 Å². The van der Waals surface area contributed by atoms with Gasteiger partial charge in [0, 0.05) is 34.0 Å². The second-order valence-electron chi connectivity index (χ2n) is 7.32. The molecular formula is C19H21BClN5O2. The van der Waals surface area contributed by atoms with Crippen LogP contribution in [0.2, 0.25) is 5.02 Å². The van der Waals surface area contributed by atoms with Gasteiger partial charge in [-0.15, -0.1) is 0 Å². The van der Waals surface area contributed by atoms with E-state index in [2.05, 4.69) is 26.7 Å². The molecule has 2 heterocycles. The molecule has 1 fully saturated rings. The van der Waals surface area contributed by atoms with E-state index in [0.29, 0.717) is 23.0 Å². The van der Waals surface area contributed by atoms with Crippen LogP contribution >= 0.6 is 11.6 Å². The summed E-state index contributed by atoms with van der Waals surface area (Å²) in [5, 5.41) is 26.3. The number of nitriles is 1. The van der Waals surface area contributed by atoms with Crippen molar-refractivity contribution < 1.29 is 9.68 Å². The van der Waals surface area contributed by atoms with E-state index in [4.69, 9.17) is 16.3 Å². The lowest BCUT2D eigenvalue weighted by molar-refractivity contribution is 0.275. The van der Waals surface area contributed by atoms with Gasteiger partial charge in [0.2, 0.25) is 5.95 Å². The maximum Gasteiger partial charge on any atom is 0.493 e. The summed E-state index contributed by atoms with van der Waals surface area (Å²) in [6, 6.07) is 6.12. The highest BCUT2D eigenvalue weighted by Gasteiger charge is 2.30. The number of aromatic nitrogens is 2. The quantitative estimate of drug-likeness (QED) is 0.682. The van der Waals surface area contributed by atoms with Gasteiger partial charge in [0.1, 0.15) is 5.82 Å². The third kappa shape index (κ3) is 3.79. The molecule has 7 nitrogen and oxygen atoms in total. The fourth-order valence-corrected chi connectivity index (χ4v) is 4.14. The number of nitrogens with one attached hydrogen (secondary N) is 2. The number of anilines is 3. The highest BCUT2D eigenvalue weighted by atomic mass is 35.5. The van der Waals surface area contributed by atoms with Crippen LogP contribution in [0.5, 0.6) is 0 Å². The topological polar surface area (TPSA) is 103 Å². The Hall–Kier alpha value is -2.34. The van der Waals surface area contributed by atoms with Crippen molar-refractivity contribution in [1.82, 2.24) is 9.97 Å². The van der Waals surface area contributed by atoms with E-state index in [-0.39, 0.29) is 12.0 Å². The van der Waals surface area contributed by atoms with E-state index in [1.54, 1.807) is 12.3 Å². The average Bonchev–Trinajstić information content (AvgIpc) is 3.06. The van der Waals surface area contributed by atoms with Crippen LogP contribution < -0.4 is 16.1 Å². The monoisotopic (exact) mass is 397 g/mol. The number of benzene rings is 1. The van der Waals surface area contributed by atoms with Gasteiger partial charge in [-0.2, -0.15) is 10.2 Å². The lowest BCUT2D eigenvalue weighted by Gasteiger charge is -2.28. The molecule has 0 radical (unpaired) electrons. The normalized spacial score (nSPS) is 21.1. The summed E-state index contributed by atoms with van der Waals surface area (Å²) < 4.78 is 5.23. The molecule has 1 aromatic heterocycles. The Morgan fingerprint density at radius 2 is 2.18 bits per heavy atom. The minimum atomic E-state index is -0.980. The zero-order chi connectivity index (χ0) is 19.7. The molecule has 1 aliphatic heterocycles. The molecule has 28 heavy (non-hydrogen) atoms. The fraction of sp³-hybridized carbons (Fsp3) is 0.421. The molecule has 0 unspecified atom stereocenters. The zero-order valence-corrected chi connectivity index (χ0v) is 16.3. The Morgan fingerprint density at radius 1 is 1.36 bits per heavy atom. The summed E-state index contributed by atoms with van der Waals surface area (Å²) in [4.78, 5) is 8.96. The number of fused-ring (bicyclic) bond motifs is 1. The van der Waals surface area contributed by atoms with Gasteiger partial charge in [0.15, 0.2) is 0 Å². The maximum atomic E-state index is 9.82.